The van der Waals surface area contributed by atoms with Gasteiger partial charge in [-0.1, -0.05) is 6.42 Å². The fourth-order valence-electron chi connectivity index (χ4n) is 4.11. The second-order valence-electron chi connectivity index (χ2n) is 7.01. The van der Waals surface area contributed by atoms with Crippen LogP contribution < -0.4 is 0 Å². The first kappa shape index (κ1) is 15.7. The Morgan fingerprint density at radius 1 is 0.762 bits per heavy atom. The van der Waals surface area contributed by atoms with Gasteiger partial charge in [0.1, 0.15) is 0 Å². The van der Waals surface area contributed by atoms with Crippen LogP contribution in [0.2, 0.25) is 0 Å². The van der Waals surface area contributed by atoms with Crippen molar-refractivity contribution < 1.29 is 8.42 Å². The molecule has 5 nitrogen and oxygen atoms in total. The molecule has 0 N–H and O–H groups in total. The second kappa shape index (κ2) is 6.52. The highest BCUT2D eigenvalue weighted by molar-refractivity contribution is 7.86. The Morgan fingerprint density at radius 3 is 2.05 bits per heavy atom. The molecule has 0 aliphatic carbocycles. The van der Waals surface area contributed by atoms with Crippen molar-refractivity contribution in [3.05, 3.63) is 0 Å². The van der Waals surface area contributed by atoms with E-state index in [2.05, 4.69) is 11.9 Å². The van der Waals surface area contributed by atoms with Crippen LogP contribution in [-0.4, -0.2) is 68.2 Å². The molecule has 1 atom stereocenters. The van der Waals surface area contributed by atoms with Gasteiger partial charge in [-0.15, -0.1) is 0 Å². The van der Waals surface area contributed by atoms with Crippen molar-refractivity contribution in [2.45, 2.75) is 38.5 Å². The lowest BCUT2D eigenvalue weighted by Gasteiger charge is -2.33. The Kier molecular flexibility index (Phi) is 4.88. The van der Waals surface area contributed by atoms with Crippen molar-refractivity contribution in [2.75, 3.05) is 46.3 Å². The predicted molar refractivity (Wildman–Crippen MR) is 84.2 cm³/mol. The summed E-state index contributed by atoms with van der Waals surface area (Å²) in [6.07, 6.45) is 6.74. The van der Waals surface area contributed by atoms with E-state index < -0.39 is 10.2 Å². The van der Waals surface area contributed by atoms with Crippen LogP contribution in [0.1, 0.15) is 38.5 Å². The summed E-state index contributed by atoms with van der Waals surface area (Å²) in [7, 11) is -1.01. The van der Waals surface area contributed by atoms with Crippen LogP contribution in [0.4, 0.5) is 0 Å². The van der Waals surface area contributed by atoms with Crippen LogP contribution in [0.3, 0.4) is 0 Å². The molecule has 0 aromatic heterocycles. The van der Waals surface area contributed by atoms with E-state index in [0.717, 1.165) is 51.4 Å². The molecule has 0 saturated carbocycles. The third kappa shape index (κ3) is 3.44. The van der Waals surface area contributed by atoms with Crippen molar-refractivity contribution >= 4 is 10.2 Å². The lowest BCUT2D eigenvalue weighted by molar-refractivity contribution is 0.174. The van der Waals surface area contributed by atoms with Gasteiger partial charge < -0.3 is 4.90 Å². The molecule has 0 spiro atoms. The fraction of sp³-hybridized carbons (Fsp3) is 1.00. The summed E-state index contributed by atoms with van der Waals surface area (Å²) < 4.78 is 28.9. The van der Waals surface area contributed by atoms with Gasteiger partial charge >= 0.3 is 0 Å². The molecule has 0 amide bonds. The zero-order chi connectivity index (χ0) is 14.9. The predicted octanol–water partition coefficient (Wildman–Crippen LogP) is 1.38. The first-order valence-electron chi connectivity index (χ1n) is 8.51. The van der Waals surface area contributed by atoms with E-state index in [4.69, 9.17) is 0 Å². The Hall–Kier alpha value is -0.170. The van der Waals surface area contributed by atoms with Gasteiger partial charge in [0, 0.05) is 26.2 Å². The summed E-state index contributed by atoms with van der Waals surface area (Å²) in [6, 6.07) is 0. The lowest BCUT2D eigenvalue weighted by atomic mass is 9.84. The Balaban J connectivity index is 1.58. The molecule has 3 fully saturated rings. The van der Waals surface area contributed by atoms with Crippen molar-refractivity contribution in [3.8, 4) is 0 Å². The number of hydrogen-bond acceptors (Lipinski definition) is 3. The lowest BCUT2D eigenvalue weighted by Crippen LogP contribution is -2.45. The van der Waals surface area contributed by atoms with Gasteiger partial charge in [0.25, 0.3) is 10.2 Å². The number of likely N-dealkylation sites (tertiary alicyclic amines) is 1. The van der Waals surface area contributed by atoms with E-state index in [1.807, 2.05) is 0 Å². The summed E-state index contributed by atoms with van der Waals surface area (Å²) in [5.41, 5.74) is 0. The van der Waals surface area contributed by atoms with E-state index in [0.29, 0.717) is 5.92 Å². The molecule has 0 bridgehead atoms. The van der Waals surface area contributed by atoms with Crippen LogP contribution in [0.15, 0.2) is 0 Å². The molecule has 3 rings (SSSR count). The third-order valence-corrected chi connectivity index (χ3v) is 7.59. The Morgan fingerprint density at radius 2 is 1.38 bits per heavy atom. The Bertz CT molecular complexity index is 440. The maximum atomic E-state index is 12.7. The standard InChI is InChI=1S/C15H29N3O2S/c1-16-10-5-14(6-11-16)15-7-12-18(13-15)21(19,20)17-8-3-2-4-9-17/h14-15H,2-13H2,1H3. The minimum Gasteiger partial charge on any atom is -0.306 e. The van der Waals surface area contributed by atoms with E-state index in [1.165, 1.54) is 32.4 Å². The molecule has 0 radical (unpaired) electrons. The molecule has 0 aromatic carbocycles. The molecule has 3 aliphatic rings. The molecule has 1 unspecified atom stereocenters. The Labute approximate surface area is 129 Å². The molecule has 0 aromatic rings. The smallest absolute Gasteiger partial charge is 0.281 e. The van der Waals surface area contributed by atoms with Gasteiger partial charge in [-0.3, -0.25) is 0 Å². The van der Waals surface area contributed by atoms with Crippen LogP contribution in [-0.2, 0) is 10.2 Å². The molecular formula is C15H29N3O2S. The van der Waals surface area contributed by atoms with Crippen molar-refractivity contribution in [1.29, 1.82) is 0 Å². The summed E-state index contributed by atoms with van der Waals surface area (Å²) in [5, 5.41) is 0. The quantitative estimate of drug-likeness (QED) is 0.790. The van der Waals surface area contributed by atoms with E-state index in [9.17, 15) is 8.42 Å². The zero-order valence-electron chi connectivity index (χ0n) is 13.2. The first-order valence-corrected chi connectivity index (χ1v) is 9.91. The average Bonchev–Trinajstić information content (AvgIpc) is 2.99. The van der Waals surface area contributed by atoms with Crippen molar-refractivity contribution in [2.24, 2.45) is 11.8 Å². The largest absolute Gasteiger partial charge is 0.306 e. The molecule has 21 heavy (non-hydrogen) atoms. The van der Waals surface area contributed by atoms with Crippen LogP contribution in [0.25, 0.3) is 0 Å². The topological polar surface area (TPSA) is 43.9 Å². The molecular weight excluding hydrogens is 286 g/mol. The van der Waals surface area contributed by atoms with E-state index in [-0.39, 0.29) is 0 Å². The summed E-state index contributed by atoms with van der Waals surface area (Å²) in [5.74, 6) is 1.31. The van der Waals surface area contributed by atoms with Gasteiger partial charge in [-0.2, -0.15) is 17.0 Å². The van der Waals surface area contributed by atoms with Gasteiger partial charge in [0.15, 0.2) is 0 Å². The summed E-state index contributed by atoms with van der Waals surface area (Å²) >= 11 is 0. The van der Waals surface area contributed by atoms with Crippen LogP contribution in [0, 0.1) is 11.8 Å². The highest BCUT2D eigenvalue weighted by Gasteiger charge is 2.38. The number of hydrogen-bond donors (Lipinski definition) is 0. The maximum Gasteiger partial charge on any atom is 0.281 e. The normalized spacial score (nSPS) is 31.8. The molecule has 3 heterocycles. The second-order valence-corrected chi connectivity index (χ2v) is 8.94. The summed E-state index contributed by atoms with van der Waals surface area (Å²) in [4.78, 5) is 2.38. The van der Waals surface area contributed by atoms with Gasteiger partial charge in [-0.05, 0) is 64.1 Å². The maximum absolute atomic E-state index is 12.7. The van der Waals surface area contributed by atoms with Crippen molar-refractivity contribution in [3.63, 3.8) is 0 Å². The average molecular weight is 315 g/mol. The van der Waals surface area contributed by atoms with Crippen molar-refractivity contribution in [1.82, 2.24) is 13.5 Å². The van der Waals surface area contributed by atoms with Crippen LogP contribution in [0.5, 0.6) is 0 Å². The highest BCUT2D eigenvalue weighted by atomic mass is 32.2. The third-order valence-electron chi connectivity index (χ3n) is 5.58. The molecule has 3 saturated heterocycles. The molecule has 122 valence electrons. The molecule has 6 heteroatoms. The van der Waals surface area contributed by atoms with Gasteiger partial charge in [0.05, 0.1) is 0 Å². The molecule has 3 aliphatic heterocycles. The summed E-state index contributed by atoms with van der Waals surface area (Å²) in [6.45, 7) is 5.26. The number of nitrogens with zero attached hydrogens (tertiary/aromatic N) is 3. The minimum atomic E-state index is -3.19. The van der Waals surface area contributed by atoms with Gasteiger partial charge in [-0.25, -0.2) is 0 Å². The zero-order valence-corrected chi connectivity index (χ0v) is 14.0. The van der Waals surface area contributed by atoms with E-state index in [1.54, 1.807) is 8.61 Å². The minimum absolute atomic E-state index is 0.582. The SMILES string of the molecule is CN1CCC(C2CCN(S(=O)(=O)N3CCCCC3)C2)CC1. The first-order chi connectivity index (χ1) is 10.1. The monoisotopic (exact) mass is 315 g/mol. The number of rotatable bonds is 3. The fourth-order valence-corrected chi connectivity index (χ4v) is 5.87. The van der Waals surface area contributed by atoms with Crippen LogP contribution >= 0.6 is 0 Å². The number of piperidine rings is 2. The van der Waals surface area contributed by atoms with E-state index >= 15 is 0 Å². The van der Waals surface area contributed by atoms with Gasteiger partial charge in [0.2, 0.25) is 0 Å². The highest BCUT2D eigenvalue weighted by Crippen LogP contribution is 2.33.